The van der Waals surface area contributed by atoms with Crippen molar-refractivity contribution in [3.8, 4) is 0 Å². The Morgan fingerprint density at radius 1 is 1.33 bits per heavy atom. The summed E-state index contributed by atoms with van der Waals surface area (Å²) in [6.07, 6.45) is 8.16. The maximum atomic E-state index is 12.5. The number of nitrogens with one attached hydrogen (secondary N) is 1. The Hall–Kier alpha value is -2.18. The molecule has 1 saturated carbocycles. The lowest BCUT2D eigenvalue weighted by Gasteiger charge is -2.36. The van der Waals surface area contributed by atoms with Crippen molar-refractivity contribution >= 4 is 11.9 Å². The molecule has 2 aliphatic rings. The van der Waals surface area contributed by atoms with Gasteiger partial charge in [-0.05, 0) is 43.4 Å². The van der Waals surface area contributed by atoms with E-state index in [0.717, 1.165) is 45.2 Å². The topological polar surface area (TPSA) is 78.9 Å². The molecule has 164 valence electrons. The maximum absolute atomic E-state index is 12.5. The Morgan fingerprint density at radius 3 is 2.87 bits per heavy atom. The fraction of sp³-hybridized carbons (Fsp3) is 0.583. The molecule has 3 atom stereocenters. The van der Waals surface area contributed by atoms with Crippen molar-refractivity contribution in [3.63, 3.8) is 0 Å². The van der Waals surface area contributed by atoms with Gasteiger partial charge in [0.25, 0.3) is 5.91 Å². The van der Waals surface area contributed by atoms with Crippen LogP contribution in [0.4, 0.5) is 0 Å². The Balaban J connectivity index is 1.43. The van der Waals surface area contributed by atoms with Crippen LogP contribution in [-0.2, 0) is 20.9 Å². The molecule has 3 rings (SSSR count). The van der Waals surface area contributed by atoms with Gasteiger partial charge in [-0.25, -0.2) is 0 Å². The van der Waals surface area contributed by atoms with Crippen molar-refractivity contribution < 1.29 is 19.4 Å². The third-order valence-electron chi connectivity index (χ3n) is 6.58. The number of hydrogen-bond donors (Lipinski definition) is 2. The summed E-state index contributed by atoms with van der Waals surface area (Å²) in [6.45, 7) is 4.73. The third kappa shape index (κ3) is 5.92. The summed E-state index contributed by atoms with van der Waals surface area (Å²) in [5.74, 6) is -0.433. The van der Waals surface area contributed by atoms with Gasteiger partial charge in [0.1, 0.15) is 6.10 Å². The second-order valence-corrected chi connectivity index (χ2v) is 8.63. The number of amides is 1. The molecule has 30 heavy (non-hydrogen) atoms. The van der Waals surface area contributed by atoms with Crippen LogP contribution in [0.1, 0.15) is 51.0 Å². The van der Waals surface area contributed by atoms with E-state index in [1.807, 2.05) is 31.2 Å². The molecular weight excluding hydrogens is 380 g/mol. The molecule has 2 fully saturated rings. The fourth-order valence-corrected chi connectivity index (χ4v) is 4.69. The Morgan fingerprint density at radius 2 is 2.13 bits per heavy atom. The molecule has 6 heteroatoms. The number of carbonyl (C=O) groups is 2. The van der Waals surface area contributed by atoms with E-state index in [4.69, 9.17) is 4.74 Å². The molecule has 6 nitrogen and oxygen atoms in total. The van der Waals surface area contributed by atoms with E-state index in [1.54, 1.807) is 6.20 Å². The van der Waals surface area contributed by atoms with Crippen LogP contribution in [0.3, 0.4) is 0 Å². The minimum atomic E-state index is -0.665. The summed E-state index contributed by atoms with van der Waals surface area (Å²) < 4.78 is 5.67. The molecule has 1 aromatic rings. The number of ether oxygens (including phenoxy) is 1. The smallest absolute Gasteiger partial charge is 0.309 e. The molecule has 1 unspecified atom stereocenters. The highest BCUT2D eigenvalue weighted by Gasteiger charge is 2.40. The molecular formula is C24H34N2O4. The van der Waals surface area contributed by atoms with E-state index in [9.17, 15) is 14.7 Å². The van der Waals surface area contributed by atoms with E-state index in [2.05, 4.69) is 22.3 Å². The minimum Gasteiger partial charge on any atom is -0.481 e. The molecule has 0 radical (unpaired) electrons. The van der Waals surface area contributed by atoms with Crippen LogP contribution < -0.4 is 5.32 Å². The van der Waals surface area contributed by atoms with Gasteiger partial charge in [0.2, 0.25) is 0 Å². The van der Waals surface area contributed by atoms with Gasteiger partial charge in [0.05, 0.1) is 12.0 Å². The predicted molar refractivity (Wildman–Crippen MR) is 116 cm³/mol. The van der Waals surface area contributed by atoms with Gasteiger partial charge in [-0.15, -0.1) is 0 Å². The standard InChI is InChI=1S/C24H34N2O4/c1-2-24(23(28)29)12-6-10-19(16-24)11-7-13-25-22(27)21-18-26(14-15-30-21)17-20-8-4-3-5-9-20/h3-5,7-9,13,19,21H,2,6,10-12,14-18H2,1H3,(H,25,27)(H,28,29)/b13-7-/t19?,21-,24+/m1/s1. The number of aliphatic carboxylic acids is 1. The van der Waals surface area contributed by atoms with E-state index in [0.29, 0.717) is 25.5 Å². The lowest BCUT2D eigenvalue weighted by Crippen LogP contribution is -2.48. The van der Waals surface area contributed by atoms with Crippen molar-refractivity contribution in [2.24, 2.45) is 11.3 Å². The lowest BCUT2D eigenvalue weighted by atomic mass is 9.67. The molecule has 1 aliphatic heterocycles. The third-order valence-corrected chi connectivity index (χ3v) is 6.58. The van der Waals surface area contributed by atoms with Crippen LogP contribution in [-0.4, -0.2) is 47.7 Å². The Kier molecular flexibility index (Phi) is 8.05. The van der Waals surface area contributed by atoms with E-state index >= 15 is 0 Å². The zero-order valence-electron chi connectivity index (χ0n) is 17.9. The van der Waals surface area contributed by atoms with Crippen LogP contribution in [0.5, 0.6) is 0 Å². The van der Waals surface area contributed by atoms with Crippen molar-refractivity contribution in [1.29, 1.82) is 0 Å². The van der Waals surface area contributed by atoms with E-state index in [-0.39, 0.29) is 5.91 Å². The highest BCUT2D eigenvalue weighted by atomic mass is 16.5. The van der Waals surface area contributed by atoms with Crippen molar-refractivity contribution in [3.05, 3.63) is 48.2 Å². The van der Waals surface area contributed by atoms with Gasteiger partial charge in [-0.2, -0.15) is 0 Å². The van der Waals surface area contributed by atoms with E-state index < -0.39 is 17.5 Å². The highest BCUT2D eigenvalue weighted by molar-refractivity contribution is 5.82. The molecule has 0 aromatic heterocycles. The number of carboxylic acid groups (broad SMARTS) is 1. The van der Waals surface area contributed by atoms with Gasteiger partial charge in [-0.1, -0.05) is 56.2 Å². The van der Waals surface area contributed by atoms with Crippen LogP contribution in [0.25, 0.3) is 0 Å². The molecule has 2 N–H and O–H groups in total. The molecule has 1 aliphatic carbocycles. The summed E-state index contributed by atoms with van der Waals surface area (Å²) in [5, 5.41) is 12.5. The molecule has 1 aromatic carbocycles. The van der Waals surface area contributed by atoms with Gasteiger partial charge < -0.3 is 15.2 Å². The highest BCUT2D eigenvalue weighted by Crippen LogP contribution is 2.43. The van der Waals surface area contributed by atoms with Crippen LogP contribution >= 0.6 is 0 Å². The van der Waals surface area contributed by atoms with Gasteiger partial charge in [0.15, 0.2) is 0 Å². The zero-order chi connectivity index (χ0) is 21.4. The number of nitrogens with zero attached hydrogens (tertiary/aromatic N) is 1. The average Bonchev–Trinajstić information content (AvgIpc) is 2.77. The number of morpholine rings is 1. The second kappa shape index (κ2) is 10.7. The Bertz CT molecular complexity index is 736. The average molecular weight is 415 g/mol. The maximum Gasteiger partial charge on any atom is 0.309 e. The number of rotatable bonds is 8. The monoisotopic (exact) mass is 414 g/mol. The number of allylic oxidation sites excluding steroid dienone is 1. The molecule has 0 spiro atoms. The van der Waals surface area contributed by atoms with Crippen LogP contribution in [0.15, 0.2) is 42.6 Å². The SMILES string of the molecule is CC[C@]1(C(=O)O)CCCC(C/C=C\NC(=O)[C@H]2CN(Cc3ccccc3)CCO2)C1. The summed E-state index contributed by atoms with van der Waals surface area (Å²) >= 11 is 0. The van der Waals surface area contributed by atoms with Gasteiger partial charge in [-0.3, -0.25) is 14.5 Å². The quantitative estimate of drug-likeness (QED) is 0.680. The first-order valence-corrected chi connectivity index (χ1v) is 11.1. The molecule has 0 bridgehead atoms. The van der Waals surface area contributed by atoms with Crippen molar-refractivity contribution in [2.45, 2.75) is 58.1 Å². The predicted octanol–water partition coefficient (Wildman–Crippen LogP) is 3.58. The van der Waals surface area contributed by atoms with Crippen molar-refractivity contribution in [1.82, 2.24) is 10.2 Å². The normalized spacial score (nSPS) is 27.8. The molecule has 1 amide bonds. The summed E-state index contributed by atoms with van der Waals surface area (Å²) in [5.41, 5.74) is 0.661. The summed E-state index contributed by atoms with van der Waals surface area (Å²) in [7, 11) is 0. The number of carbonyl (C=O) groups excluding carboxylic acids is 1. The molecule has 1 saturated heterocycles. The Labute approximate surface area is 179 Å². The largest absolute Gasteiger partial charge is 0.481 e. The number of benzene rings is 1. The lowest BCUT2D eigenvalue weighted by molar-refractivity contribution is -0.152. The second-order valence-electron chi connectivity index (χ2n) is 8.63. The summed E-state index contributed by atoms with van der Waals surface area (Å²) in [4.78, 5) is 26.4. The van der Waals surface area contributed by atoms with Crippen molar-refractivity contribution in [2.75, 3.05) is 19.7 Å². The number of carboxylic acids is 1. The van der Waals surface area contributed by atoms with Crippen LogP contribution in [0, 0.1) is 11.3 Å². The van der Waals surface area contributed by atoms with E-state index in [1.165, 1.54) is 5.56 Å². The first-order chi connectivity index (χ1) is 14.5. The van der Waals surface area contributed by atoms with Gasteiger partial charge in [0, 0.05) is 19.6 Å². The van der Waals surface area contributed by atoms with Gasteiger partial charge >= 0.3 is 5.97 Å². The number of hydrogen-bond acceptors (Lipinski definition) is 4. The first-order valence-electron chi connectivity index (χ1n) is 11.1. The minimum absolute atomic E-state index is 0.124. The zero-order valence-corrected chi connectivity index (χ0v) is 17.9. The first kappa shape index (κ1) is 22.5. The molecule has 1 heterocycles. The summed E-state index contributed by atoms with van der Waals surface area (Å²) in [6, 6.07) is 10.2. The van der Waals surface area contributed by atoms with Crippen LogP contribution in [0.2, 0.25) is 0 Å². The fourth-order valence-electron chi connectivity index (χ4n) is 4.69.